The number of hydrogen-bond donors (Lipinski definition) is 2. The lowest BCUT2D eigenvalue weighted by Crippen LogP contribution is -2.35. The molecule has 0 fully saturated rings. The highest BCUT2D eigenvalue weighted by Crippen LogP contribution is 2.28. The highest BCUT2D eigenvalue weighted by Gasteiger charge is 2.22. The SMILES string of the molecule is O=C(O)CCN(CCc1ccccn1)C(=O)c1ccccc1-c1ccccc1C(=O)NCc1ccccn1. The Kier molecular flexibility index (Phi) is 8.91. The van der Waals surface area contributed by atoms with Crippen LogP contribution in [0.4, 0.5) is 0 Å². The van der Waals surface area contributed by atoms with Crippen LogP contribution in [0.3, 0.4) is 0 Å². The number of rotatable bonds is 11. The summed E-state index contributed by atoms with van der Waals surface area (Å²) in [5.74, 6) is -1.57. The molecule has 0 aliphatic rings. The topological polar surface area (TPSA) is 112 Å². The standard InChI is InChI=1S/C30H28N4O4/c35-28(36)16-20-34(19-15-22-9-5-7-17-31-22)30(38)27-14-4-2-12-25(27)24-11-1-3-13-26(24)29(37)33-21-23-10-6-8-18-32-23/h1-14,17-18H,15-16,19-21H2,(H,33,37)(H,35,36). The molecule has 2 N–H and O–H groups in total. The van der Waals surface area contributed by atoms with Crippen molar-refractivity contribution in [2.24, 2.45) is 0 Å². The van der Waals surface area contributed by atoms with Gasteiger partial charge in [-0.3, -0.25) is 24.4 Å². The molecule has 0 spiro atoms. The van der Waals surface area contributed by atoms with Gasteiger partial charge in [-0.15, -0.1) is 0 Å². The molecule has 2 amide bonds. The third-order valence-corrected chi connectivity index (χ3v) is 6.02. The molecule has 0 unspecified atom stereocenters. The van der Waals surface area contributed by atoms with Gasteiger partial charge in [-0.1, -0.05) is 48.5 Å². The molecule has 2 aromatic carbocycles. The van der Waals surface area contributed by atoms with Gasteiger partial charge < -0.3 is 15.3 Å². The summed E-state index contributed by atoms with van der Waals surface area (Å²) in [5, 5.41) is 12.2. The Labute approximate surface area is 221 Å². The summed E-state index contributed by atoms with van der Waals surface area (Å²) in [4.78, 5) is 48.3. The maximum Gasteiger partial charge on any atom is 0.305 e. The van der Waals surface area contributed by atoms with Crippen LogP contribution in [-0.2, 0) is 17.8 Å². The normalized spacial score (nSPS) is 10.5. The average Bonchev–Trinajstić information content (AvgIpc) is 2.96. The first-order valence-corrected chi connectivity index (χ1v) is 12.3. The first-order valence-electron chi connectivity index (χ1n) is 12.3. The largest absolute Gasteiger partial charge is 0.481 e. The zero-order chi connectivity index (χ0) is 26.7. The number of carbonyl (C=O) groups is 3. The number of carboxylic acids is 1. The molecule has 0 atom stereocenters. The van der Waals surface area contributed by atoms with E-state index in [4.69, 9.17) is 0 Å². The second-order valence-corrected chi connectivity index (χ2v) is 8.60. The van der Waals surface area contributed by atoms with Crippen LogP contribution in [0.1, 0.15) is 38.5 Å². The molecule has 8 nitrogen and oxygen atoms in total. The van der Waals surface area contributed by atoms with Crippen molar-refractivity contribution in [2.45, 2.75) is 19.4 Å². The van der Waals surface area contributed by atoms with E-state index >= 15 is 0 Å². The van der Waals surface area contributed by atoms with Crippen LogP contribution in [0, 0.1) is 0 Å². The molecule has 4 rings (SSSR count). The number of amides is 2. The second-order valence-electron chi connectivity index (χ2n) is 8.60. The molecule has 0 saturated carbocycles. The first kappa shape index (κ1) is 26.2. The van der Waals surface area contributed by atoms with Crippen molar-refractivity contribution in [3.63, 3.8) is 0 Å². The minimum atomic E-state index is -0.983. The van der Waals surface area contributed by atoms with E-state index in [0.29, 0.717) is 35.2 Å². The molecule has 38 heavy (non-hydrogen) atoms. The van der Waals surface area contributed by atoms with Gasteiger partial charge in [0.2, 0.25) is 0 Å². The van der Waals surface area contributed by atoms with Crippen LogP contribution in [0.2, 0.25) is 0 Å². The van der Waals surface area contributed by atoms with E-state index in [1.165, 1.54) is 4.90 Å². The third-order valence-electron chi connectivity index (χ3n) is 6.02. The van der Waals surface area contributed by atoms with Crippen LogP contribution in [0.15, 0.2) is 97.3 Å². The minimum Gasteiger partial charge on any atom is -0.481 e. The average molecular weight is 509 g/mol. The maximum absolute atomic E-state index is 13.8. The Hall–Kier alpha value is -4.85. The molecule has 2 heterocycles. The molecule has 192 valence electrons. The summed E-state index contributed by atoms with van der Waals surface area (Å²) in [6.07, 6.45) is 3.66. The van der Waals surface area contributed by atoms with E-state index < -0.39 is 5.97 Å². The molecular weight excluding hydrogens is 480 g/mol. The van der Waals surface area contributed by atoms with E-state index in [0.717, 1.165) is 11.4 Å². The van der Waals surface area contributed by atoms with Crippen LogP contribution in [0.25, 0.3) is 11.1 Å². The fourth-order valence-corrected chi connectivity index (χ4v) is 4.10. The number of nitrogens with one attached hydrogen (secondary N) is 1. The van der Waals surface area contributed by atoms with Crippen LogP contribution in [-0.4, -0.2) is 50.8 Å². The number of carboxylic acid groups (broad SMARTS) is 1. The van der Waals surface area contributed by atoms with Crippen molar-refractivity contribution < 1.29 is 19.5 Å². The molecule has 0 saturated heterocycles. The summed E-state index contributed by atoms with van der Waals surface area (Å²) in [6.45, 7) is 0.635. The van der Waals surface area contributed by atoms with E-state index in [1.54, 1.807) is 48.8 Å². The van der Waals surface area contributed by atoms with Gasteiger partial charge in [-0.2, -0.15) is 0 Å². The first-order chi connectivity index (χ1) is 18.5. The summed E-state index contributed by atoms with van der Waals surface area (Å²) in [5.41, 5.74) is 3.56. The number of carbonyl (C=O) groups excluding carboxylic acids is 2. The van der Waals surface area contributed by atoms with Crippen LogP contribution in [0.5, 0.6) is 0 Å². The van der Waals surface area contributed by atoms with Gasteiger partial charge in [0.15, 0.2) is 0 Å². The summed E-state index contributed by atoms with van der Waals surface area (Å²) in [7, 11) is 0. The van der Waals surface area contributed by atoms with Gasteiger partial charge in [0.1, 0.15) is 0 Å². The number of aliphatic carboxylic acids is 1. The Bertz CT molecular complexity index is 1390. The second kappa shape index (κ2) is 12.9. The minimum absolute atomic E-state index is 0.0571. The predicted octanol–water partition coefficient (Wildman–Crippen LogP) is 4.23. The quantitative estimate of drug-likeness (QED) is 0.314. The molecule has 2 aromatic heterocycles. The molecule has 0 bridgehead atoms. The van der Waals surface area contributed by atoms with Crippen molar-refractivity contribution in [1.29, 1.82) is 0 Å². The lowest BCUT2D eigenvalue weighted by Gasteiger charge is -2.24. The Morgan fingerprint density at radius 2 is 1.29 bits per heavy atom. The van der Waals surface area contributed by atoms with Crippen LogP contribution >= 0.6 is 0 Å². The fraction of sp³-hybridized carbons (Fsp3) is 0.167. The van der Waals surface area contributed by atoms with Gasteiger partial charge in [-0.05, 0) is 47.5 Å². The van der Waals surface area contributed by atoms with Crippen molar-refractivity contribution in [2.75, 3.05) is 13.1 Å². The van der Waals surface area contributed by atoms with Gasteiger partial charge in [0.25, 0.3) is 11.8 Å². The molecule has 0 aliphatic carbocycles. The highest BCUT2D eigenvalue weighted by atomic mass is 16.4. The van der Waals surface area contributed by atoms with Crippen LogP contribution < -0.4 is 5.32 Å². The molecule has 0 radical (unpaired) electrons. The number of pyridine rings is 2. The molecule has 0 aliphatic heterocycles. The predicted molar refractivity (Wildman–Crippen MR) is 143 cm³/mol. The molecular formula is C30H28N4O4. The lowest BCUT2D eigenvalue weighted by atomic mass is 9.94. The zero-order valence-corrected chi connectivity index (χ0v) is 20.8. The summed E-state index contributed by atoms with van der Waals surface area (Å²) in [6, 6.07) is 25.2. The van der Waals surface area contributed by atoms with Gasteiger partial charge in [0, 0.05) is 48.7 Å². The van der Waals surface area contributed by atoms with E-state index in [1.807, 2.05) is 48.5 Å². The van der Waals surface area contributed by atoms with Gasteiger partial charge in [0.05, 0.1) is 18.7 Å². The van der Waals surface area contributed by atoms with Gasteiger partial charge >= 0.3 is 5.97 Å². The fourth-order valence-electron chi connectivity index (χ4n) is 4.10. The highest BCUT2D eigenvalue weighted by molar-refractivity contribution is 6.06. The van der Waals surface area contributed by atoms with Gasteiger partial charge in [-0.25, -0.2) is 0 Å². The van der Waals surface area contributed by atoms with Crippen molar-refractivity contribution in [1.82, 2.24) is 20.2 Å². The number of nitrogens with zero attached hydrogens (tertiary/aromatic N) is 3. The number of hydrogen-bond acceptors (Lipinski definition) is 5. The monoisotopic (exact) mass is 508 g/mol. The van der Waals surface area contributed by atoms with E-state index in [-0.39, 0.29) is 31.3 Å². The number of benzene rings is 2. The maximum atomic E-state index is 13.8. The summed E-state index contributed by atoms with van der Waals surface area (Å²) >= 11 is 0. The number of aromatic nitrogens is 2. The van der Waals surface area contributed by atoms with E-state index in [2.05, 4.69) is 15.3 Å². The van der Waals surface area contributed by atoms with Crippen molar-refractivity contribution >= 4 is 17.8 Å². The summed E-state index contributed by atoms with van der Waals surface area (Å²) < 4.78 is 0. The third kappa shape index (κ3) is 6.88. The van der Waals surface area contributed by atoms with Crippen molar-refractivity contribution in [3.8, 4) is 11.1 Å². The molecule has 8 heteroatoms. The van der Waals surface area contributed by atoms with E-state index in [9.17, 15) is 19.5 Å². The lowest BCUT2D eigenvalue weighted by molar-refractivity contribution is -0.137. The van der Waals surface area contributed by atoms with Crippen molar-refractivity contribution in [3.05, 3.63) is 120 Å². The molecule has 4 aromatic rings. The smallest absolute Gasteiger partial charge is 0.305 e. The Balaban J connectivity index is 1.61. The Morgan fingerprint density at radius 3 is 1.92 bits per heavy atom. The zero-order valence-electron chi connectivity index (χ0n) is 20.8. The Morgan fingerprint density at radius 1 is 0.711 bits per heavy atom.